The van der Waals surface area contributed by atoms with Crippen LogP contribution in [-0.2, 0) is 0 Å². The molecule has 25 heavy (non-hydrogen) atoms. The Labute approximate surface area is 158 Å². The Morgan fingerprint density at radius 1 is 1.20 bits per heavy atom. The summed E-state index contributed by atoms with van der Waals surface area (Å²) in [7, 11) is 3.86. The third-order valence-electron chi connectivity index (χ3n) is 5.16. The summed E-state index contributed by atoms with van der Waals surface area (Å²) in [6.45, 7) is 3.13. The Balaban J connectivity index is 1.76. The molecule has 132 valence electrons. The highest BCUT2D eigenvalue weighted by atomic mass is 35.5. The van der Waals surface area contributed by atoms with Crippen molar-refractivity contribution in [3.8, 4) is 5.75 Å². The zero-order chi connectivity index (χ0) is 17.6. The van der Waals surface area contributed by atoms with Gasteiger partial charge in [0.25, 0.3) is 0 Å². The van der Waals surface area contributed by atoms with Gasteiger partial charge in [0.05, 0.1) is 23.5 Å². The normalized spacial score (nSPS) is 21.7. The highest BCUT2D eigenvalue weighted by molar-refractivity contribution is 6.36. The summed E-state index contributed by atoms with van der Waals surface area (Å²) in [5.41, 5.74) is 4.33. The quantitative estimate of drug-likeness (QED) is 0.825. The first-order chi connectivity index (χ1) is 12.1. The van der Waals surface area contributed by atoms with Crippen LogP contribution in [0, 0.1) is 5.92 Å². The summed E-state index contributed by atoms with van der Waals surface area (Å²) in [6, 6.07) is 9.72. The molecule has 2 atom stereocenters. The van der Waals surface area contributed by atoms with Crippen LogP contribution >= 0.6 is 23.2 Å². The predicted octanol–water partition coefficient (Wildman–Crippen LogP) is 4.50. The Bertz CT molecular complexity index is 811. The molecule has 2 aromatic carbocycles. The molecule has 0 amide bonds. The number of benzene rings is 2. The van der Waals surface area contributed by atoms with E-state index in [9.17, 15) is 0 Å². The molecule has 0 aliphatic carbocycles. The van der Waals surface area contributed by atoms with Gasteiger partial charge in [-0.1, -0.05) is 23.2 Å². The first-order valence-corrected chi connectivity index (χ1v) is 9.18. The van der Waals surface area contributed by atoms with E-state index in [4.69, 9.17) is 27.9 Å². The number of hydrogen-bond donors (Lipinski definition) is 2. The third kappa shape index (κ3) is 3.03. The number of hydrogen-bond acceptors (Lipinski definition) is 4. The largest absolute Gasteiger partial charge is 0.494 e. The SMILES string of the molecule is COc1cc(Nc2ccc(Cl)cc2Cl)cc2c1N(C)CC1CNCC21. The average Bonchev–Trinajstić information content (AvgIpc) is 3.05. The molecule has 0 saturated carbocycles. The van der Waals surface area contributed by atoms with Crippen LogP contribution in [0.3, 0.4) is 0 Å². The molecule has 0 spiro atoms. The molecule has 6 heteroatoms. The van der Waals surface area contributed by atoms with Gasteiger partial charge >= 0.3 is 0 Å². The molecular weight excluding hydrogens is 357 g/mol. The topological polar surface area (TPSA) is 36.5 Å². The fraction of sp³-hybridized carbons (Fsp3) is 0.368. The van der Waals surface area contributed by atoms with Gasteiger partial charge in [0.15, 0.2) is 0 Å². The number of nitrogens with one attached hydrogen (secondary N) is 2. The summed E-state index contributed by atoms with van der Waals surface area (Å²) in [5, 5.41) is 8.16. The van der Waals surface area contributed by atoms with E-state index in [1.165, 1.54) is 11.3 Å². The molecule has 1 saturated heterocycles. The zero-order valence-corrected chi connectivity index (χ0v) is 15.8. The van der Waals surface area contributed by atoms with E-state index in [0.29, 0.717) is 21.9 Å². The number of nitrogens with zero attached hydrogens (tertiary/aromatic N) is 1. The lowest BCUT2D eigenvalue weighted by Gasteiger charge is -2.37. The molecule has 2 aliphatic heterocycles. The minimum Gasteiger partial charge on any atom is -0.494 e. The van der Waals surface area contributed by atoms with Crippen molar-refractivity contribution in [1.29, 1.82) is 0 Å². The molecule has 1 fully saturated rings. The molecule has 2 heterocycles. The lowest BCUT2D eigenvalue weighted by Crippen LogP contribution is -2.35. The average molecular weight is 378 g/mol. The highest BCUT2D eigenvalue weighted by Crippen LogP contribution is 2.46. The van der Waals surface area contributed by atoms with Gasteiger partial charge in [0.1, 0.15) is 5.75 Å². The van der Waals surface area contributed by atoms with E-state index in [1.807, 2.05) is 18.2 Å². The fourth-order valence-electron chi connectivity index (χ4n) is 4.03. The second-order valence-electron chi connectivity index (χ2n) is 6.77. The van der Waals surface area contributed by atoms with Crippen LogP contribution in [0.2, 0.25) is 10.0 Å². The van der Waals surface area contributed by atoms with Crippen LogP contribution in [0.5, 0.6) is 5.75 Å². The van der Waals surface area contributed by atoms with Gasteiger partial charge in [-0.3, -0.25) is 0 Å². The summed E-state index contributed by atoms with van der Waals surface area (Å²) in [4.78, 5) is 2.31. The van der Waals surface area contributed by atoms with Crippen LogP contribution in [-0.4, -0.2) is 33.8 Å². The molecule has 4 rings (SSSR count). The Morgan fingerprint density at radius 2 is 2.04 bits per heavy atom. The van der Waals surface area contributed by atoms with E-state index in [2.05, 4.69) is 28.6 Å². The molecule has 0 radical (unpaired) electrons. The van der Waals surface area contributed by atoms with Gasteiger partial charge in [0.2, 0.25) is 0 Å². The van der Waals surface area contributed by atoms with Gasteiger partial charge in [-0.15, -0.1) is 0 Å². The molecule has 0 aromatic heterocycles. The van der Waals surface area contributed by atoms with Crippen LogP contribution in [0.1, 0.15) is 11.5 Å². The standard InChI is InChI=1S/C19H21Cl2N3O/c1-24-10-11-8-22-9-15(11)14-6-13(7-18(25-2)19(14)24)23-17-4-3-12(20)5-16(17)21/h3-7,11,15,22-23H,8-10H2,1-2H3. The third-order valence-corrected chi connectivity index (χ3v) is 5.71. The maximum absolute atomic E-state index is 6.31. The van der Waals surface area contributed by atoms with E-state index < -0.39 is 0 Å². The Hall–Kier alpha value is -1.62. The highest BCUT2D eigenvalue weighted by Gasteiger charge is 2.37. The molecule has 2 N–H and O–H groups in total. The summed E-state index contributed by atoms with van der Waals surface area (Å²) in [5.74, 6) is 2.04. The molecule has 2 aromatic rings. The van der Waals surface area contributed by atoms with Crippen LogP contribution < -0.4 is 20.3 Å². The van der Waals surface area contributed by atoms with Crippen molar-refractivity contribution < 1.29 is 4.74 Å². The minimum absolute atomic E-state index is 0.516. The van der Waals surface area contributed by atoms with Crippen LogP contribution in [0.15, 0.2) is 30.3 Å². The van der Waals surface area contributed by atoms with Crippen molar-refractivity contribution in [2.24, 2.45) is 5.92 Å². The zero-order valence-electron chi connectivity index (χ0n) is 14.3. The molecular formula is C19H21Cl2N3O. The predicted molar refractivity (Wildman–Crippen MR) is 105 cm³/mol. The van der Waals surface area contributed by atoms with Crippen LogP contribution in [0.25, 0.3) is 0 Å². The number of rotatable bonds is 3. The summed E-state index contributed by atoms with van der Waals surface area (Å²) in [6.07, 6.45) is 0. The number of fused-ring (bicyclic) bond motifs is 3. The molecule has 4 nitrogen and oxygen atoms in total. The van der Waals surface area contributed by atoms with Gasteiger partial charge in [-0.05, 0) is 35.7 Å². The van der Waals surface area contributed by atoms with E-state index in [1.54, 1.807) is 13.2 Å². The lowest BCUT2D eigenvalue weighted by molar-refractivity contribution is 0.407. The smallest absolute Gasteiger partial charge is 0.144 e. The van der Waals surface area contributed by atoms with Crippen molar-refractivity contribution in [3.63, 3.8) is 0 Å². The second-order valence-corrected chi connectivity index (χ2v) is 7.61. The Kier molecular flexibility index (Phi) is 4.44. The lowest BCUT2D eigenvalue weighted by atomic mass is 9.83. The van der Waals surface area contributed by atoms with Gasteiger partial charge in [-0.25, -0.2) is 0 Å². The van der Waals surface area contributed by atoms with Gasteiger partial charge in [-0.2, -0.15) is 0 Å². The van der Waals surface area contributed by atoms with Crippen molar-refractivity contribution >= 4 is 40.3 Å². The van der Waals surface area contributed by atoms with E-state index in [-0.39, 0.29) is 0 Å². The molecule has 0 bridgehead atoms. The van der Waals surface area contributed by atoms with Gasteiger partial charge < -0.3 is 20.3 Å². The number of methoxy groups -OCH3 is 1. The first-order valence-electron chi connectivity index (χ1n) is 8.42. The number of ether oxygens (including phenoxy) is 1. The van der Waals surface area contributed by atoms with Crippen molar-refractivity contribution in [2.75, 3.05) is 44.0 Å². The second kappa shape index (κ2) is 6.60. The number of anilines is 3. The summed E-state index contributed by atoms with van der Waals surface area (Å²) >= 11 is 12.3. The number of halogens is 2. The van der Waals surface area contributed by atoms with E-state index in [0.717, 1.165) is 36.8 Å². The van der Waals surface area contributed by atoms with E-state index >= 15 is 0 Å². The van der Waals surface area contributed by atoms with Crippen molar-refractivity contribution in [2.45, 2.75) is 5.92 Å². The molecule has 2 unspecified atom stereocenters. The minimum atomic E-state index is 0.516. The monoisotopic (exact) mass is 377 g/mol. The fourth-order valence-corrected chi connectivity index (χ4v) is 4.48. The molecule has 2 aliphatic rings. The maximum atomic E-state index is 6.31. The van der Waals surface area contributed by atoms with Crippen molar-refractivity contribution in [1.82, 2.24) is 5.32 Å². The maximum Gasteiger partial charge on any atom is 0.144 e. The van der Waals surface area contributed by atoms with Crippen molar-refractivity contribution in [3.05, 3.63) is 45.9 Å². The first kappa shape index (κ1) is 16.8. The Morgan fingerprint density at radius 3 is 2.80 bits per heavy atom. The van der Waals surface area contributed by atoms with Gasteiger partial charge in [0, 0.05) is 49.4 Å². The summed E-state index contributed by atoms with van der Waals surface area (Å²) < 4.78 is 5.70. The van der Waals surface area contributed by atoms with Crippen LogP contribution in [0.4, 0.5) is 17.1 Å².